The molecule has 4 atom stereocenters. The maximum Gasteiger partial charge on any atom is 0.342 e. The van der Waals surface area contributed by atoms with Crippen LogP contribution in [0.5, 0.6) is 5.75 Å². The van der Waals surface area contributed by atoms with Gasteiger partial charge in [-0.25, -0.2) is 4.79 Å². The van der Waals surface area contributed by atoms with Gasteiger partial charge in [0.25, 0.3) is 0 Å². The Bertz CT molecular complexity index is 904. The molecule has 0 unspecified atom stereocenters. The van der Waals surface area contributed by atoms with Crippen molar-refractivity contribution in [2.24, 2.45) is 5.92 Å². The quantitative estimate of drug-likeness (QED) is 0.544. The zero-order valence-corrected chi connectivity index (χ0v) is 19.2. The van der Waals surface area contributed by atoms with Crippen LogP contribution in [0.2, 0.25) is 0 Å². The summed E-state index contributed by atoms with van der Waals surface area (Å²) in [6, 6.07) is 7.77. The minimum atomic E-state index is -0.692. The molecule has 6 nitrogen and oxygen atoms in total. The minimum Gasteiger partial charge on any atom is -0.497 e. The first-order valence-corrected chi connectivity index (χ1v) is 11.3. The summed E-state index contributed by atoms with van der Waals surface area (Å²) in [5.41, 5.74) is 1.10. The van der Waals surface area contributed by atoms with Gasteiger partial charge in [-0.3, -0.25) is 4.79 Å². The van der Waals surface area contributed by atoms with Gasteiger partial charge < -0.3 is 19.3 Å². The normalized spacial score (nSPS) is 31.1. The van der Waals surface area contributed by atoms with E-state index < -0.39 is 18.2 Å². The van der Waals surface area contributed by atoms with Crippen LogP contribution in [0.1, 0.15) is 38.2 Å². The molecule has 1 saturated heterocycles. The molecule has 2 heterocycles. The van der Waals surface area contributed by atoms with E-state index in [9.17, 15) is 14.7 Å². The molecule has 0 radical (unpaired) electrons. The molecule has 6 heteroatoms. The lowest BCUT2D eigenvalue weighted by Gasteiger charge is -2.24. The van der Waals surface area contributed by atoms with Gasteiger partial charge in [-0.1, -0.05) is 55.5 Å². The number of allylic oxidation sites excluding steroid dienone is 5. The van der Waals surface area contributed by atoms with Crippen LogP contribution in [-0.4, -0.2) is 42.3 Å². The molecule has 0 aromatic heterocycles. The Morgan fingerprint density at radius 2 is 1.82 bits per heavy atom. The van der Waals surface area contributed by atoms with Crippen LogP contribution >= 0.6 is 0 Å². The van der Waals surface area contributed by atoms with E-state index in [0.29, 0.717) is 19.4 Å². The molecular weight excluding hydrogens is 420 g/mol. The van der Waals surface area contributed by atoms with E-state index in [4.69, 9.17) is 14.2 Å². The summed E-state index contributed by atoms with van der Waals surface area (Å²) in [4.78, 5) is 24.6. The molecule has 2 aliphatic heterocycles. The largest absolute Gasteiger partial charge is 0.497 e. The van der Waals surface area contributed by atoms with E-state index in [0.717, 1.165) is 11.3 Å². The number of fused-ring (bicyclic) bond motifs is 11. The fourth-order valence-corrected chi connectivity index (χ4v) is 3.78. The summed E-state index contributed by atoms with van der Waals surface area (Å²) in [7, 11) is 1.64. The maximum absolute atomic E-state index is 12.4. The van der Waals surface area contributed by atoms with Gasteiger partial charge in [-0.05, 0) is 42.5 Å². The molecular formula is C27H32O6. The van der Waals surface area contributed by atoms with Crippen LogP contribution < -0.4 is 4.74 Å². The first kappa shape index (κ1) is 24.7. The van der Waals surface area contributed by atoms with Crippen molar-refractivity contribution in [2.45, 2.75) is 57.5 Å². The lowest BCUT2D eigenvalue weighted by molar-refractivity contribution is -0.152. The summed E-state index contributed by atoms with van der Waals surface area (Å²) in [5.74, 6) is 0.0870. The number of benzene rings is 1. The number of ketones is 1. The molecule has 0 spiro atoms. The molecule has 33 heavy (non-hydrogen) atoms. The second-order valence-corrected chi connectivity index (χ2v) is 8.44. The smallest absolute Gasteiger partial charge is 0.342 e. The molecule has 1 aromatic rings. The Morgan fingerprint density at radius 3 is 2.55 bits per heavy atom. The van der Waals surface area contributed by atoms with E-state index in [1.807, 2.05) is 54.6 Å². The number of esters is 1. The highest BCUT2D eigenvalue weighted by atomic mass is 16.5. The van der Waals surface area contributed by atoms with E-state index >= 15 is 0 Å². The predicted octanol–water partition coefficient (Wildman–Crippen LogP) is 4.24. The lowest BCUT2D eigenvalue weighted by atomic mass is 9.96. The number of aliphatic hydroxyl groups is 1. The summed E-state index contributed by atoms with van der Waals surface area (Å²) >= 11 is 0. The topological polar surface area (TPSA) is 82.1 Å². The van der Waals surface area contributed by atoms with Gasteiger partial charge in [-0.15, -0.1) is 0 Å². The molecule has 0 amide bonds. The summed E-state index contributed by atoms with van der Waals surface area (Å²) in [5, 5.41) is 10.3. The van der Waals surface area contributed by atoms with Gasteiger partial charge in [0.05, 0.1) is 25.9 Å². The maximum atomic E-state index is 12.4. The van der Waals surface area contributed by atoms with Gasteiger partial charge in [0.2, 0.25) is 0 Å². The van der Waals surface area contributed by atoms with Gasteiger partial charge >= 0.3 is 5.97 Å². The number of Topliss-reactive ketones (excluding diaryl/α,β-unsaturated/α-hetero) is 1. The van der Waals surface area contributed by atoms with Gasteiger partial charge in [0, 0.05) is 12.8 Å². The molecule has 1 aliphatic carbocycles. The standard InChI is InChI=1S/C27H32O6/c1-19-8-6-7-10-24-25(29)17-23(33-27(24)30)16-21(28)9-4-3-5-11-26(19)32-18-20-12-14-22(31-2)15-13-20/h3-7,10-15,19,21,23,26,28H,8-9,16-18H2,1-2H3/b4-3-,7-6-,11-5-,24-10+/t19-,21-,23-,26-/m1/s1. The minimum absolute atomic E-state index is 0.0565. The third-order valence-electron chi connectivity index (χ3n) is 5.77. The van der Waals surface area contributed by atoms with Crippen molar-refractivity contribution in [2.75, 3.05) is 7.11 Å². The highest BCUT2D eigenvalue weighted by Gasteiger charge is 2.32. The number of carbonyl (C=O) groups excluding carboxylic acids is 2. The lowest BCUT2D eigenvalue weighted by Crippen LogP contribution is -2.34. The van der Waals surface area contributed by atoms with Crippen LogP contribution in [0.25, 0.3) is 0 Å². The first-order chi connectivity index (χ1) is 16.0. The Hall–Kier alpha value is -2.96. The fourth-order valence-electron chi connectivity index (χ4n) is 3.78. The monoisotopic (exact) mass is 452 g/mol. The van der Waals surface area contributed by atoms with Crippen LogP contribution in [0.3, 0.4) is 0 Å². The van der Waals surface area contributed by atoms with E-state index in [1.165, 1.54) is 6.08 Å². The number of ether oxygens (including phenoxy) is 3. The first-order valence-electron chi connectivity index (χ1n) is 11.3. The Morgan fingerprint density at radius 1 is 1.06 bits per heavy atom. The molecule has 1 fully saturated rings. The van der Waals surface area contributed by atoms with E-state index in [2.05, 4.69) is 6.92 Å². The van der Waals surface area contributed by atoms with Crippen molar-refractivity contribution in [3.8, 4) is 5.75 Å². The zero-order valence-electron chi connectivity index (χ0n) is 19.2. The molecule has 4 rings (SSSR count). The van der Waals surface area contributed by atoms with Crippen molar-refractivity contribution < 1.29 is 28.9 Å². The SMILES string of the molecule is COc1ccc(CO[C@@H]2/C=C\C=C/C[C@@H](O)C[C@@H]3CC(=O)/C(=C\C=C/C[C@H]2C)C(=O)O3)cc1. The fraction of sp³-hybridized carbons (Fsp3) is 0.407. The Balaban J connectivity index is 1.73. The van der Waals surface area contributed by atoms with Gasteiger partial charge in [-0.2, -0.15) is 0 Å². The highest BCUT2D eigenvalue weighted by molar-refractivity contribution is 6.19. The average molecular weight is 453 g/mol. The molecule has 176 valence electrons. The second kappa shape index (κ2) is 12.3. The summed E-state index contributed by atoms with van der Waals surface area (Å²) in [6.07, 6.45) is 12.9. The van der Waals surface area contributed by atoms with Crippen LogP contribution in [0.4, 0.5) is 0 Å². The van der Waals surface area contributed by atoms with Crippen molar-refractivity contribution in [1.29, 1.82) is 0 Å². The van der Waals surface area contributed by atoms with Crippen molar-refractivity contribution in [1.82, 2.24) is 0 Å². The third kappa shape index (κ3) is 7.55. The second-order valence-electron chi connectivity index (χ2n) is 8.44. The number of hydrogen-bond donors (Lipinski definition) is 1. The van der Waals surface area contributed by atoms with Crippen LogP contribution in [-0.2, 0) is 25.7 Å². The van der Waals surface area contributed by atoms with Crippen molar-refractivity contribution in [3.05, 3.63) is 77.9 Å². The molecule has 2 bridgehead atoms. The molecule has 1 aromatic carbocycles. The summed E-state index contributed by atoms with van der Waals surface area (Å²) < 4.78 is 16.8. The van der Waals surface area contributed by atoms with Gasteiger partial charge in [0.1, 0.15) is 17.4 Å². The summed E-state index contributed by atoms with van der Waals surface area (Å²) in [6.45, 7) is 2.55. The van der Waals surface area contributed by atoms with Crippen molar-refractivity contribution in [3.63, 3.8) is 0 Å². The average Bonchev–Trinajstić information content (AvgIpc) is 2.79. The predicted molar refractivity (Wildman–Crippen MR) is 126 cm³/mol. The van der Waals surface area contributed by atoms with Crippen LogP contribution in [0, 0.1) is 5.92 Å². The van der Waals surface area contributed by atoms with E-state index in [1.54, 1.807) is 13.2 Å². The van der Waals surface area contributed by atoms with Gasteiger partial charge in [0.15, 0.2) is 5.78 Å². The number of carbonyl (C=O) groups is 2. The molecule has 1 N–H and O–H groups in total. The van der Waals surface area contributed by atoms with Crippen molar-refractivity contribution >= 4 is 11.8 Å². The Kier molecular flexibility index (Phi) is 9.22. The molecule has 3 aliphatic rings. The van der Waals surface area contributed by atoms with Crippen LogP contribution in [0.15, 0.2) is 72.4 Å². The number of rotatable bonds is 4. The Labute approximate surface area is 195 Å². The van der Waals surface area contributed by atoms with E-state index in [-0.39, 0.29) is 36.2 Å². The number of methoxy groups -OCH3 is 1. The number of hydrogen-bond acceptors (Lipinski definition) is 6. The highest BCUT2D eigenvalue weighted by Crippen LogP contribution is 2.22. The third-order valence-corrected chi connectivity index (χ3v) is 5.77. The molecule has 0 saturated carbocycles. The number of aliphatic hydroxyl groups excluding tert-OH is 1. The zero-order chi connectivity index (χ0) is 23.6.